The molecule has 5 rings (SSSR count). The monoisotopic (exact) mass is 450 g/mol. The molecular weight excluding hydrogens is 431 g/mol. The zero-order chi connectivity index (χ0) is 22.2. The van der Waals surface area contributed by atoms with Gasteiger partial charge in [0.05, 0.1) is 22.2 Å². The number of aromatic nitrogens is 3. The molecule has 0 spiro atoms. The Kier molecular flexibility index (Phi) is 5.35. The Balaban J connectivity index is 1.58. The minimum atomic E-state index is -0.482. The first-order valence-corrected chi connectivity index (χ1v) is 10.8. The van der Waals surface area contributed by atoms with Gasteiger partial charge in [0.25, 0.3) is 0 Å². The van der Waals surface area contributed by atoms with Crippen LogP contribution < -0.4 is 4.90 Å². The quantitative estimate of drug-likeness (QED) is 0.373. The van der Waals surface area contributed by atoms with Gasteiger partial charge >= 0.3 is 0 Å². The van der Waals surface area contributed by atoms with E-state index in [0.29, 0.717) is 51.9 Å². The standard InChI is InChI=1S/C24H20ClFN4O2/c1-14-6-7-15(24-29-22-18(25)4-2-5-20(22)32-24)12-30(14)19-11-17(26)10-16(13-31)21(19)23-27-8-3-9-28-23/h2-5,8-11,13-15H,6-7,12H2,1H3/t14-,15-/m1/s1. The van der Waals surface area contributed by atoms with Crippen LogP contribution in [0.3, 0.4) is 0 Å². The third kappa shape index (κ3) is 3.62. The summed E-state index contributed by atoms with van der Waals surface area (Å²) in [6.07, 6.45) is 5.57. The molecule has 0 amide bonds. The molecule has 2 aromatic heterocycles. The van der Waals surface area contributed by atoms with Gasteiger partial charge in [0, 0.05) is 30.5 Å². The number of benzene rings is 2. The molecule has 1 fully saturated rings. The number of halogens is 2. The normalized spacial score (nSPS) is 18.8. The van der Waals surface area contributed by atoms with E-state index in [9.17, 15) is 9.18 Å². The third-order valence-corrected chi connectivity index (χ3v) is 6.26. The SMILES string of the molecule is C[C@@H]1CC[C@@H](c2nc3c(Cl)cccc3o2)CN1c1cc(F)cc(C=O)c1-c1ncccn1. The van der Waals surface area contributed by atoms with Crippen molar-refractivity contribution < 1.29 is 13.6 Å². The number of piperidine rings is 1. The van der Waals surface area contributed by atoms with E-state index in [4.69, 9.17) is 16.0 Å². The molecule has 1 aliphatic heterocycles. The number of fused-ring (bicyclic) bond motifs is 1. The lowest BCUT2D eigenvalue weighted by Crippen LogP contribution is -2.41. The van der Waals surface area contributed by atoms with Gasteiger partial charge in [0.1, 0.15) is 11.3 Å². The number of carbonyl (C=O) groups excluding carboxylic acids is 1. The van der Waals surface area contributed by atoms with E-state index in [1.165, 1.54) is 12.1 Å². The zero-order valence-electron chi connectivity index (χ0n) is 17.3. The minimum absolute atomic E-state index is 0.0119. The Morgan fingerprint density at radius 2 is 2.00 bits per heavy atom. The number of aldehydes is 1. The molecule has 0 radical (unpaired) electrons. The van der Waals surface area contributed by atoms with Gasteiger partial charge in [-0.25, -0.2) is 19.3 Å². The number of para-hydroxylation sites is 1. The Morgan fingerprint density at radius 3 is 2.75 bits per heavy atom. The lowest BCUT2D eigenvalue weighted by molar-refractivity contribution is 0.112. The first-order valence-electron chi connectivity index (χ1n) is 10.4. The van der Waals surface area contributed by atoms with Crippen LogP contribution in [0, 0.1) is 5.82 Å². The van der Waals surface area contributed by atoms with E-state index in [1.54, 1.807) is 24.5 Å². The van der Waals surface area contributed by atoms with Crippen LogP contribution in [0.4, 0.5) is 10.1 Å². The number of oxazole rings is 1. The number of nitrogens with zero attached hydrogens (tertiary/aromatic N) is 4. The summed E-state index contributed by atoms with van der Waals surface area (Å²) < 4.78 is 20.5. The van der Waals surface area contributed by atoms with E-state index < -0.39 is 5.82 Å². The van der Waals surface area contributed by atoms with Gasteiger partial charge in [-0.2, -0.15) is 0 Å². The molecule has 6 nitrogen and oxygen atoms in total. The van der Waals surface area contributed by atoms with Gasteiger partial charge in [-0.3, -0.25) is 4.79 Å². The van der Waals surface area contributed by atoms with Gasteiger partial charge in [0.2, 0.25) is 0 Å². The molecule has 1 aliphatic rings. The van der Waals surface area contributed by atoms with Crippen LogP contribution >= 0.6 is 11.6 Å². The van der Waals surface area contributed by atoms with Crippen molar-refractivity contribution in [3.63, 3.8) is 0 Å². The second kappa shape index (κ2) is 8.31. The van der Waals surface area contributed by atoms with Crippen molar-refractivity contribution in [3.8, 4) is 11.4 Å². The van der Waals surface area contributed by atoms with Gasteiger partial charge < -0.3 is 9.32 Å². The first kappa shape index (κ1) is 20.6. The maximum absolute atomic E-state index is 14.5. The summed E-state index contributed by atoms with van der Waals surface area (Å²) in [6.45, 7) is 2.63. The van der Waals surface area contributed by atoms with Gasteiger partial charge in [-0.05, 0) is 50.1 Å². The van der Waals surface area contributed by atoms with E-state index in [-0.39, 0.29) is 17.5 Å². The number of carbonyl (C=O) groups is 1. The highest BCUT2D eigenvalue weighted by Gasteiger charge is 2.32. The Morgan fingerprint density at radius 1 is 1.19 bits per heavy atom. The predicted octanol–water partition coefficient (Wildman–Crippen LogP) is 5.66. The van der Waals surface area contributed by atoms with Crippen molar-refractivity contribution >= 4 is 34.7 Å². The van der Waals surface area contributed by atoms with Crippen LogP contribution in [-0.2, 0) is 0 Å². The maximum Gasteiger partial charge on any atom is 0.200 e. The fourth-order valence-corrected chi connectivity index (χ4v) is 4.56. The van der Waals surface area contributed by atoms with Crippen LogP contribution in [0.1, 0.15) is 41.9 Å². The molecule has 0 unspecified atom stereocenters. The molecule has 3 heterocycles. The summed E-state index contributed by atoms with van der Waals surface area (Å²) in [5.74, 6) is 0.494. The average Bonchev–Trinajstić information content (AvgIpc) is 3.25. The molecular formula is C24H20ClFN4O2. The Bertz CT molecular complexity index is 1290. The van der Waals surface area contributed by atoms with Crippen molar-refractivity contribution in [3.05, 3.63) is 71.1 Å². The van der Waals surface area contributed by atoms with Crippen LogP contribution in [-0.4, -0.2) is 33.8 Å². The molecule has 0 N–H and O–H groups in total. The predicted molar refractivity (Wildman–Crippen MR) is 121 cm³/mol. The number of rotatable bonds is 4. The average molecular weight is 451 g/mol. The van der Waals surface area contributed by atoms with Crippen LogP contribution in [0.5, 0.6) is 0 Å². The molecule has 0 saturated carbocycles. The van der Waals surface area contributed by atoms with Crippen LogP contribution in [0.25, 0.3) is 22.5 Å². The van der Waals surface area contributed by atoms with Crippen molar-refractivity contribution in [1.29, 1.82) is 0 Å². The zero-order valence-corrected chi connectivity index (χ0v) is 18.1. The summed E-state index contributed by atoms with van der Waals surface area (Å²) in [5.41, 5.74) is 2.61. The van der Waals surface area contributed by atoms with Gasteiger partial charge in [-0.1, -0.05) is 17.7 Å². The van der Waals surface area contributed by atoms with Crippen molar-refractivity contribution in [2.75, 3.05) is 11.4 Å². The molecule has 162 valence electrons. The minimum Gasteiger partial charge on any atom is -0.440 e. The highest BCUT2D eigenvalue weighted by molar-refractivity contribution is 6.34. The second-order valence-electron chi connectivity index (χ2n) is 7.99. The van der Waals surface area contributed by atoms with Crippen LogP contribution in [0.2, 0.25) is 5.02 Å². The van der Waals surface area contributed by atoms with Gasteiger partial charge in [-0.15, -0.1) is 0 Å². The molecule has 2 aromatic carbocycles. The summed E-state index contributed by atoms with van der Waals surface area (Å²) in [6, 6.07) is 9.93. The summed E-state index contributed by atoms with van der Waals surface area (Å²) in [4.78, 5) is 27.2. The topological polar surface area (TPSA) is 72.1 Å². The van der Waals surface area contributed by atoms with E-state index in [2.05, 4.69) is 26.8 Å². The largest absolute Gasteiger partial charge is 0.440 e. The van der Waals surface area contributed by atoms with Gasteiger partial charge in [0.15, 0.2) is 23.6 Å². The summed E-state index contributed by atoms with van der Waals surface area (Å²) >= 11 is 6.27. The first-order chi connectivity index (χ1) is 15.5. The van der Waals surface area contributed by atoms with E-state index in [0.717, 1.165) is 12.8 Å². The molecule has 8 heteroatoms. The smallest absolute Gasteiger partial charge is 0.200 e. The molecule has 1 saturated heterocycles. The third-order valence-electron chi connectivity index (χ3n) is 5.96. The van der Waals surface area contributed by atoms with Crippen LogP contribution in [0.15, 0.2) is 53.2 Å². The molecule has 0 aliphatic carbocycles. The van der Waals surface area contributed by atoms with E-state index >= 15 is 0 Å². The highest BCUT2D eigenvalue weighted by atomic mass is 35.5. The van der Waals surface area contributed by atoms with Crippen molar-refractivity contribution in [1.82, 2.24) is 15.0 Å². The van der Waals surface area contributed by atoms with Crippen molar-refractivity contribution in [2.45, 2.75) is 31.7 Å². The Labute approximate surface area is 189 Å². The van der Waals surface area contributed by atoms with Crippen molar-refractivity contribution in [2.24, 2.45) is 0 Å². The maximum atomic E-state index is 14.5. The second-order valence-corrected chi connectivity index (χ2v) is 8.40. The molecule has 0 bridgehead atoms. The summed E-state index contributed by atoms with van der Waals surface area (Å²) in [7, 11) is 0. The lowest BCUT2D eigenvalue weighted by atomic mass is 9.91. The Hall–Kier alpha value is -3.32. The number of hydrogen-bond acceptors (Lipinski definition) is 6. The fourth-order valence-electron chi connectivity index (χ4n) is 4.36. The molecule has 4 aromatic rings. The number of anilines is 1. The molecule has 32 heavy (non-hydrogen) atoms. The molecule has 2 atom stereocenters. The highest BCUT2D eigenvalue weighted by Crippen LogP contribution is 2.40. The lowest BCUT2D eigenvalue weighted by Gasteiger charge is -2.39. The van der Waals surface area contributed by atoms with E-state index in [1.807, 2.05) is 12.1 Å². The number of hydrogen-bond donors (Lipinski definition) is 0. The summed E-state index contributed by atoms with van der Waals surface area (Å²) in [5, 5.41) is 0.544. The fraction of sp³-hybridized carbons (Fsp3) is 0.250.